The molecule has 0 saturated heterocycles. The van der Waals surface area contributed by atoms with Gasteiger partial charge in [0, 0.05) is 25.2 Å². The Kier molecular flexibility index (Phi) is 4.15. The first-order valence-electron chi connectivity index (χ1n) is 7.80. The van der Waals surface area contributed by atoms with Crippen LogP contribution in [-0.4, -0.2) is 11.8 Å². The molecule has 0 radical (unpaired) electrons. The van der Waals surface area contributed by atoms with E-state index in [4.69, 9.17) is 0 Å². The minimum Gasteiger partial charge on any atom is -0.326 e. The predicted molar refractivity (Wildman–Crippen MR) is 91.5 cm³/mol. The Bertz CT molecular complexity index is 768. The van der Waals surface area contributed by atoms with Crippen LogP contribution in [0.4, 0.5) is 11.4 Å². The Hall–Kier alpha value is -2.62. The number of aryl methyl sites for hydroxylation is 2. The lowest BCUT2D eigenvalue weighted by Crippen LogP contribution is -2.30. The molecule has 0 spiro atoms. The van der Waals surface area contributed by atoms with E-state index in [9.17, 15) is 9.59 Å². The molecule has 23 heavy (non-hydrogen) atoms. The number of rotatable bonds is 1. The maximum absolute atomic E-state index is 12.1. The normalized spacial score (nSPS) is 13.4. The molecule has 4 heteroatoms. The van der Waals surface area contributed by atoms with Gasteiger partial charge in [-0.1, -0.05) is 24.3 Å². The van der Waals surface area contributed by atoms with Crippen molar-refractivity contribution in [2.45, 2.75) is 33.2 Å². The van der Waals surface area contributed by atoms with E-state index >= 15 is 0 Å². The van der Waals surface area contributed by atoms with Gasteiger partial charge in [-0.25, -0.2) is 0 Å². The van der Waals surface area contributed by atoms with E-state index in [1.54, 1.807) is 6.92 Å². The van der Waals surface area contributed by atoms with Crippen LogP contribution in [0.3, 0.4) is 0 Å². The molecular formula is C19H20N2O2. The van der Waals surface area contributed by atoms with E-state index in [1.807, 2.05) is 41.3 Å². The molecule has 118 valence electrons. The maximum Gasteiger partial charge on any atom is 0.224 e. The fourth-order valence-electron chi connectivity index (χ4n) is 3.09. The fourth-order valence-corrected chi connectivity index (χ4v) is 3.09. The van der Waals surface area contributed by atoms with Gasteiger partial charge < -0.3 is 10.2 Å². The molecule has 2 aromatic carbocycles. The van der Waals surface area contributed by atoms with Crippen LogP contribution in [0.15, 0.2) is 42.5 Å². The quantitative estimate of drug-likeness (QED) is 0.879. The van der Waals surface area contributed by atoms with Crippen molar-refractivity contribution in [3.63, 3.8) is 0 Å². The van der Waals surface area contributed by atoms with E-state index in [2.05, 4.69) is 11.4 Å². The number of fused-ring (bicyclic) bond motifs is 2. The van der Waals surface area contributed by atoms with Crippen LogP contribution in [0.5, 0.6) is 0 Å². The standard InChI is InChI=1S/C19H20N2O2/c1-13(22)20-18-10-9-17-12-21(14(2)23)19-6-4-3-5-15(19)7-8-16(17)11-18/h3-6,9-11H,7-8,12H2,1-2H3,(H,20,22). The first kappa shape index (κ1) is 15.3. The summed E-state index contributed by atoms with van der Waals surface area (Å²) in [6.45, 7) is 3.66. The van der Waals surface area contributed by atoms with Gasteiger partial charge >= 0.3 is 0 Å². The summed E-state index contributed by atoms with van der Waals surface area (Å²) in [6.07, 6.45) is 1.77. The van der Waals surface area contributed by atoms with Crippen LogP contribution in [0.2, 0.25) is 0 Å². The van der Waals surface area contributed by atoms with E-state index in [0.717, 1.165) is 29.8 Å². The monoisotopic (exact) mass is 308 g/mol. The molecule has 4 nitrogen and oxygen atoms in total. The maximum atomic E-state index is 12.1. The first-order valence-corrected chi connectivity index (χ1v) is 7.80. The van der Waals surface area contributed by atoms with Crippen molar-refractivity contribution in [3.8, 4) is 0 Å². The number of hydrogen-bond acceptors (Lipinski definition) is 2. The second-order valence-electron chi connectivity index (χ2n) is 5.90. The van der Waals surface area contributed by atoms with E-state index in [0.29, 0.717) is 6.54 Å². The third-order valence-electron chi connectivity index (χ3n) is 4.18. The van der Waals surface area contributed by atoms with Gasteiger partial charge in [0.25, 0.3) is 0 Å². The minimum atomic E-state index is -0.0773. The Morgan fingerprint density at radius 2 is 1.70 bits per heavy atom. The van der Waals surface area contributed by atoms with Crippen molar-refractivity contribution in [3.05, 3.63) is 59.2 Å². The molecule has 3 rings (SSSR count). The van der Waals surface area contributed by atoms with Crippen molar-refractivity contribution < 1.29 is 9.59 Å². The summed E-state index contributed by atoms with van der Waals surface area (Å²) in [6, 6.07) is 14.0. The summed E-state index contributed by atoms with van der Waals surface area (Å²) in [7, 11) is 0. The third kappa shape index (κ3) is 3.26. The van der Waals surface area contributed by atoms with Gasteiger partial charge in [0.1, 0.15) is 0 Å². The van der Waals surface area contributed by atoms with Crippen LogP contribution in [0.1, 0.15) is 30.5 Å². The number of nitrogens with zero attached hydrogens (tertiary/aromatic N) is 1. The van der Waals surface area contributed by atoms with Gasteiger partial charge in [0.15, 0.2) is 0 Å². The Balaban J connectivity index is 2.01. The van der Waals surface area contributed by atoms with Crippen molar-refractivity contribution >= 4 is 23.2 Å². The number of para-hydroxylation sites is 1. The van der Waals surface area contributed by atoms with E-state index < -0.39 is 0 Å². The molecule has 0 fully saturated rings. The van der Waals surface area contributed by atoms with Crippen LogP contribution in [0.25, 0.3) is 0 Å². The lowest BCUT2D eigenvalue weighted by molar-refractivity contribution is -0.117. The fraction of sp³-hybridized carbons (Fsp3) is 0.263. The average Bonchev–Trinajstić information content (AvgIpc) is 2.49. The molecule has 1 N–H and O–H groups in total. The Morgan fingerprint density at radius 3 is 2.43 bits per heavy atom. The number of benzene rings is 2. The second-order valence-corrected chi connectivity index (χ2v) is 5.90. The third-order valence-corrected chi connectivity index (χ3v) is 4.18. The number of hydrogen-bond donors (Lipinski definition) is 1. The number of nitrogens with one attached hydrogen (secondary N) is 1. The second kappa shape index (κ2) is 6.24. The van der Waals surface area contributed by atoms with Crippen molar-refractivity contribution in [2.24, 2.45) is 0 Å². The van der Waals surface area contributed by atoms with Crippen molar-refractivity contribution in [1.82, 2.24) is 0 Å². The lowest BCUT2D eigenvalue weighted by Gasteiger charge is -2.28. The van der Waals surface area contributed by atoms with Crippen LogP contribution >= 0.6 is 0 Å². The lowest BCUT2D eigenvalue weighted by atomic mass is 9.95. The van der Waals surface area contributed by atoms with Crippen LogP contribution < -0.4 is 10.2 Å². The van der Waals surface area contributed by atoms with E-state index in [1.165, 1.54) is 18.1 Å². The summed E-state index contributed by atoms with van der Waals surface area (Å²) in [5, 5.41) is 2.82. The number of amides is 2. The van der Waals surface area contributed by atoms with Gasteiger partial charge in [-0.15, -0.1) is 0 Å². The SMILES string of the molecule is CC(=O)Nc1ccc2c(c1)CCc1ccccc1N(C(C)=O)C2. The van der Waals surface area contributed by atoms with E-state index in [-0.39, 0.29) is 11.8 Å². The molecule has 0 atom stereocenters. The summed E-state index contributed by atoms with van der Waals surface area (Å²) in [5.74, 6) is -0.0391. The Morgan fingerprint density at radius 1 is 0.957 bits per heavy atom. The molecule has 1 heterocycles. The smallest absolute Gasteiger partial charge is 0.224 e. The zero-order valence-corrected chi connectivity index (χ0v) is 13.4. The largest absolute Gasteiger partial charge is 0.326 e. The summed E-state index contributed by atoms with van der Waals surface area (Å²) in [4.78, 5) is 25.2. The van der Waals surface area contributed by atoms with Crippen molar-refractivity contribution in [2.75, 3.05) is 10.2 Å². The molecule has 2 amide bonds. The molecule has 0 aromatic heterocycles. The first-order chi connectivity index (χ1) is 11.0. The van der Waals surface area contributed by atoms with Gasteiger partial charge in [-0.2, -0.15) is 0 Å². The summed E-state index contributed by atoms with van der Waals surface area (Å²) in [5.41, 5.74) is 5.29. The highest BCUT2D eigenvalue weighted by molar-refractivity contribution is 5.92. The summed E-state index contributed by atoms with van der Waals surface area (Å²) < 4.78 is 0. The molecule has 0 bridgehead atoms. The minimum absolute atomic E-state index is 0.0382. The van der Waals surface area contributed by atoms with Gasteiger partial charge in [0.05, 0.1) is 6.54 Å². The van der Waals surface area contributed by atoms with Crippen LogP contribution in [0, 0.1) is 0 Å². The molecule has 0 unspecified atom stereocenters. The number of carbonyl (C=O) groups is 2. The summed E-state index contributed by atoms with van der Waals surface area (Å²) >= 11 is 0. The molecule has 0 aliphatic carbocycles. The molecule has 1 aliphatic rings. The Labute approximate surface area is 136 Å². The van der Waals surface area contributed by atoms with Gasteiger partial charge in [-0.05, 0) is 47.7 Å². The highest BCUT2D eigenvalue weighted by Gasteiger charge is 2.20. The number of anilines is 2. The van der Waals surface area contributed by atoms with Gasteiger partial charge in [-0.3, -0.25) is 9.59 Å². The van der Waals surface area contributed by atoms with Crippen molar-refractivity contribution in [1.29, 1.82) is 0 Å². The molecule has 1 aliphatic heterocycles. The van der Waals surface area contributed by atoms with Crippen LogP contribution in [-0.2, 0) is 29.0 Å². The highest BCUT2D eigenvalue weighted by atomic mass is 16.2. The molecule has 0 saturated carbocycles. The number of carbonyl (C=O) groups excluding carboxylic acids is 2. The molecule has 2 aromatic rings. The van der Waals surface area contributed by atoms with Gasteiger partial charge in [0.2, 0.25) is 11.8 Å². The zero-order chi connectivity index (χ0) is 16.4. The zero-order valence-electron chi connectivity index (χ0n) is 13.4. The predicted octanol–water partition coefficient (Wildman–Crippen LogP) is 3.30. The average molecular weight is 308 g/mol. The topological polar surface area (TPSA) is 49.4 Å². The highest BCUT2D eigenvalue weighted by Crippen LogP contribution is 2.29. The molecular weight excluding hydrogens is 288 g/mol.